The maximum absolute atomic E-state index is 5.15. The number of allylic oxidation sites excluding steroid dienone is 6. The van der Waals surface area contributed by atoms with E-state index in [4.69, 9.17) is 4.98 Å². The molecular weight excluding hydrogens is 547 g/mol. The van der Waals surface area contributed by atoms with Crippen molar-refractivity contribution in [3.8, 4) is 22.5 Å². The molecule has 9 rings (SSSR count). The van der Waals surface area contributed by atoms with E-state index in [1.54, 1.807) is 0 Å². The molecule has 0 radical (unpaired) electrons. The predicted octanol–water partition coefficient (Wildman–Crippen LogP) is 7.26. The normalized spacial score (nSPS) is 19.1. The number of para-hydroxylation sites is 1. The smallest absolute Gasteiger partial charge is 0.328 e. The Balaban J connectivity index is 1.22. The van der Waals surface area contributed by atoms with E-state index in [9.17, 15) is 0 Å². The average molecular weight is 579 g/mol. The van der Waals surface area contributed by atoms with Gasteiger partial charge in [0, 0.05) is 36.1 Å². The van der Waals surface area contributed by atoms with Crippen molar-refractivity contribution < 1.29 is 0 Å². The zero-order valence-corrected chi connectivity index (χ0v) is 25.1. The predicted molar refractivity (Wildman–Crippen MR) is 185 cm³/mol. The number of fused-ring (bicyclic) bond motifs is 11. The third-order valence-electron chi connectivity index (χ3n) is 9.76. The van der Waals surface area contributed by atoms with Gasteiger partial charge in [0.05, 0.1) is 23.1 Å². The van der Waals surface area contributed by atoms with E-state index in [0.717, 1.165) is 23.5 Å². The standard InChI is InChI=1S/C40H31BN4/c1-44-23-11-9-19-40(44)37-26-28(25-36(43-37)35-17-8-10-22-42-35)27-20-21-39-32(24-27)30-13-3-6-16-34(30)41-33-15-5-2-12-29(33)31-14-4-7-18-38(31)45(39)41/h2-23,25-26,32,40H,24H2,1H3. The maximum Gasteiger partial charge on any atom is 0.328 e. The van der Waals surface area contributed by atoms with Gasteiger partial charge in [0.15, 0.2) is 0 Å². The first-order chi connectivity index (χ1) is 22.2. The van der Waals surface area contributed by atoms with Crippen LogP contribution in [0.2, 0.25) is 0 Å². The molecule has 4 aliphatic rings. The molecule has 0 saturated heterocycles. The van der Waals surface area contributed by atoms with Crippen LogP contribution in [-0.2, 0) is 0 Å². The quantitative estimate of drug-likeness (QED) is 0.211. The van der Waals surface area contributed by atoms with Gasteiger partial charge in [-0.2, -0.15) is 0 Å². The maximum atomic E-state index is 5.15. The number of pyridine rings is 2. The Labute approximate surface area is 264 Å². The highest BCUT2D eigenvalue weighted by Crippen LogP contribution is 2.47. The van der Waals surface area contributed by atoms with E-state index < -0.39 is 0 Å². The van der Waals surface area contributed by atoms with Crippen molar-refractivity contribution >= 4 is 29.0 Å². The summed E-state index contributed by atoms with van der Waals surface area (Å²) in [5, 5.41) is 0. The molecule has 2 unspecified atom stereocenters. The molecule has 0 spiro atoms. The Morgan fingerprint density at radius 3 is 2.42 bits per heavy atom. The van der Waals surface area contributed by atoms with Gasteiger partial charge in [0.1, 0.15) is 0 Å². The second-order valence-corrected chi connectivity index (χ2v) is 12.3. The molecule has 3 aromatic carbocycles. The van der Waals surface area contributed by atoms with Crippen LogP contribution in [0.3, 0.4) is 0 Å². The highest BCUT2D eigenvalue weighted by atomic mass is 15.1. The van der Waals surface area contributed by atoms with E-state index in [2.05, 4.69) is 143 Å². The van der Waals surface area contributed by atoms with Gasteiger partial charge in [-0.1, -0.05) is 91.0 Å². The summed E-state index contributed by atoms with van der Waals surface area (Å²) in [6.45, 7) is 0.148. The van der Waals surface area contributed by atoms with E-state index in [1.807, 2.05) is 24.4 Å². The Morgan fingerprint density at radius 2 is 1.56 bits per heavy atom. The molecule has 2 aromatic heterocycles. The van der Waals surface area contributed by atoms with Crippen molar-refractivity contribution in [1.82, 2.24) is 14.9 Å². The SMILES string of the molecule is CN1C=CC=CC1c1cc(C2=CC=C3C(C2)c2ccccc2B2c4ccccc4-c4ccccc4N23)cc(-c2ccccn2)n1. The van der Waals surface area contributed by atoms with Crippen LogP contribution in [0.5, 0.6) is 0 Å². The molecule has 2 atom stereocenters. The molecule has 5 heterocycles. The first-order valence-electron chi connectivity index (χ1n) is 15.7. The van der Waals surface area contributed by atoms with Crippen molar-refractivity contribution in [3.63, 3.8) is 0 Å². The van der Waals surface area contributed by atoms with Crippen LogP contribution >= 0.6 is 0 Å². The summed E-state index contributed by atoms with van der Waals surface area (Å²) in [7, 11) is 2.11. The van der Waals surface area contributed by atoms with Crippen LogP contribution in [0.1, 0.15) is 35.2 Å². The summed E-state index contributed by atoms with van der Waals surface area (Å²) in [5.41, 5.74) is 14.8. The van der Waals surface area contributed by atoms with Gasteiger partial charge in [0.25, 0.3) is 0 Å². The average Bonchev–Trinajstić information content (AvgIpc) is 3.11. The van der Waals surface area contributed by atoms with Crippen molar-refractivity contribution in [1.29, 1.82) is 0 Å². The Bertz CT molecular complexity index is 2090. The van der Waals surface area contributed by atoms with Crippen LogP contribution in [0, 0.1) is 0 Å². The molecule has 0 amide bonds. The minimum atomic E-state index is 0.0637. The van der Waals surface area contributed by atoms with Gasteiger partial charge in [-0.3, -0.25) is 4.98 Å². The molecule has 4 nitrogen and oxygen atoms in total. The molecule has 1 aliphatic carbocycles. The summed E-state index contributed by atoms with van der Waals surface area (Å²) in [6.07, 6.45) is 16.0. The van der Waals surface area contributed by atoms with E-state index in [0.29, 0.717) is 0 Å². The first kappa shape index (κ1) is 26.0. The number of aromatic nitrogens is 2. The lowest BCUT2D eigenvalue weighted by atomic mass is 9.42. The molecule has 0 fully saturated rings. The van der Waals surface area contributed by atoms with E-state index >= 15 is 0 Å². The number of hydrogen-bond acceptors (Lipinski definition) is 4. The molecule has 0 saturated carbocycles. The third-order valence-corrected chi connectivity index (χ3v) is 9.76. The number of rotatable bonds is 3. The summed E-state index contributed by atoms with van der Waals surface area (Å²) in [6, 6.07) is 37.5. The number of hydrogen-bond donors (Lipinski definition) is 0. The van der Waals surface area contributed by atoms with Gasteiger partial charge in [-0.25, -0.2) is 4.98 Å². The largest absolute Gasteiger partial charge is 0.379 e. The van der Waals surface area contributed by atoms with Gasteiger partial charge in [-0.05, 0) is 88.3 Å². The summed E-state index contributed by atoms with van der Waals surface area (Å²) in [4.78, 5) is 14.7. The molecule has 214 valence electrons. The Kier molecular flexibility index (Phi) is 5.98. The van der Waals surface area contributed by atoms with Crippen molar-refractivity contribution in [3.05, 3.63) is 168 Å². The fourth-order valence-electron chi connectivity index (χ4n) is 7.69. The highest BCUT2D eigenvalue weighted by molar-refractivity contribution is 6.91. The number of likely N-dealkylation sites (N-methyl/N-ethyl adjacent to an activating group) is 1. The van der Waals surface area contributed by atoms with Crippen LogP contribution in [-0.4, -0.2) is 28.8 Å². The minimum absolute atomic E-state index is 0.0637. The highest BCUT2D eigenvalue weighted by Gasteiger charge is 2.45. The van der Waals surface area contributed by atoms with Gasteiger partial charge in [-0.15, -0.1) is 0 Å². The van der Waals surface area contributed by atoms with Crippen molar-refractivity contribution in [2.45, 2.75) is 18.4 Å². The topological polar surface area (TPSA) is 32.3 Å². The van der Waals surface area contributed by atoms with Crippen LogP contribution in [0.25, 0.3) is 28.1 Å². The van der Waals surface area contributed by atoms with Gasteiger partial charge < -0.3 is 9.71 Å². The molecule has 0 bridgehead atoms. The molecule has 3 aliphatic heterocycles. The first-order valence-corrected chi connectivity index (χ1v) is 15.7. The number of anilines is 1. The summed E-state index contributed by atoms with van der Waals surface area (Å²) < 4.78 is 0. The van der Waals surface area contributed by atoms with E-state index in [-0.39, 0.29) is 18.8 Å². The Morgan fingerprint density at radius 1 is 0.756 bits per heavy atom. The van der Waals surface area contributed by atoms with Crippen LogP contribution in [0.4, 0.5) is 5.69 Å². The molecule has 45 heavy (non-hydrogen) atoms. The molecular formula is C40H31BN4. The monoisotopic (exact) mass is 578 g/mol. The lowest BCUT2D eigenvalue weighted by Gasteiger charge is -2.48. The molecule has 0 N–H and O–H groups in total. The van der Waals surface area contributed by atoms with Gasteiger partial charge in [0.2, 0.25) is 0 Å². The lowest BCUT2D eigenvalue weighted by molar-refractivity contribution is 0.383. The van der Waals surface area contributed by atoms with Crippen LogP contribution in [0.15, 0.2) is 152 Å². The lowest BCUT2D eigenvalue weighted by Crippen LogP contribution is -2.63. The van der Waals surface area contributed by atoms with Crippen molar-refractivity contribution in [2.75, 3.05) is 11.9 Å². The van der Waals surface area contributed by atoms with Gasteiger partial charge >= 0.3 is 6.85 Å². The Hall–Kier alpha value is -5.42. The second-order valence-electron chi connectivity index (χ2n) is 12.3. The fraction of sp³-hybridized carbons (Fsp3) is 0.100. The fourth-order valence-corrected chi connectivity index (χ4v) is 7.69. The number of nitrogens with zero attached hydrogens (tertiary/aromatic N) is 4. The third kappa shape index (κ3) is 4.15. The zero-order valence-electron chi connectivity index (χ0n) is 25.1. The van der Waals surface area contributed by atoms with Crippen molar-refractivity contribution in [2.24, 2.45) is 0 Å². The molecule has 5 heteroatoms. The molecule has 5 aromatic rings. The summed E-state index contributed by atoms with van der Waals surface area (Å²) in [5.74, 6) is 0.242. The van der Waals surface area contributed by atoms with Crippen LogP contribution < -0.4 is 15.7 Å². The second kappa shape index (κ2) is 10.3. The minimum Gasteiger partial charge on any atom is -0.379 e. The summed E-state index contributed by atoms with van der Waals surface area (Å²) >= 11 is 0. The zero-order chi connectivity index (χ0) is 29.9. The van der Waals surface area contributed by atoms with E-state index in [1.165, 1.54) is 50.1 Å². The number of benzene rings is 3.